The molecule has 0 fully saturated rings. The largest absolute Gasteiger partial charge is 0.416 e. The highest BCUT2D eigenvalue weighted by atomic mass is 32.2. The molecule has 0 amide bonds. The number of aromatic nitrogens is 1. The van der Waals surface area contributed by atoms with Gasteiger partial charge in [0.05, 0.1) is 10.5 Å². The second-order valence-electron chi connectivity index (χ2n) is 5.57. The molecule has 1 aromatic heterocycles. The number of alkyl halides is 3. The smallest absolute Gasteiger partial charge is 0.264 e. The lowest BCUT2D eigenvalue weighted by Gasteiger charge is -2.14. The molecule has 0 bridgehead atoms. The first kappa shape index (κ1) is 18.1. The normalized spacial score (nSPS) is 12.2. The number of hydrogen-bond donors (Lipinski definition) is 1. The van der Waals surface area contributed by atoms with Crippen LogP contribution in [0.1, 0.15) is 5.56 Å². The maximum absolute atomic E-state index is 13.1. The summed E-state index contributed by atoms with van der Waals surface area (Å²) in [6.45, 7) is 0. The van der Waals surface area contributed by atoms with Gasteiger partial charge in [-0.2, -0.15) is 13.2 Å². The first-order valence-corrected chi connectivity index (χ1v) is 8.96. The van der Waals surface area contributed by atoms with Gasteiger partial charge in [-0.1, -0.05) is 24.3 Å². The zero-order chi connectivity index (χ0) is 18.9. The summed E-state index contributed by atoms with van der Waals surface area (Å²) in [4.78, 5) is 3.88. The molecule has 2 aromatic carbocycles. The van der Waals surface area contributed by atoms with Crippen molar-refractivity contribution in [2.45, 2.75) is 11.1 Å². The average Bonchev–Trinajstić information content (AvgIpc) is 2.60. The molecule has 0 saturated carbocycles. The monoisotopic (exact) mass is 378 g/mol. The van der Waals surface area contributed by atoms with Gasteiger partial charge in [-0.25, -0.2) is 13.6 Å². The minimum Gasteiger partial charge on any atom is -0.264 e. The SMILES string of the molecule is NS(=O)(=O)c1ccc(-c2ccc(C(F)(F)F)cc2-c2cccnc2)cc1. The Morgan fingerprint density at radius 3 is 2.12 bits per heavy atom. The fourth-order valence-electron chi connectivity index (χ4n) is 2.56. The van der Waals surface area contributed by atoms with Crippen LogP contribution in [-0.4, -0.2) is 13.4 Å². The summed E-state index contributed by atoms with van der Waals surface area (Å²) in [5.41, 5.74) is 1.17. The van der Waals surface area contributed by atoms with Crippen LogP contribution >= 0.6 is 0 Å². The van der Waals surface area contributed by atoms with Crippen LogP contribution in [0.2, 0.25) is 0 Å². The van der Waals surface area contributed by atoms with Gasteiger partial charge in [0.25, 0.3) is 0 Å². The Morgan fingerprint density at radius 2 is 1.58 bits per heavy atom. The average molecular weight is 378 g/mol. The highest BCUT2D eigenvalue weighted by Gasteiger charge is 2.31. The van der Waals surface area contributed by atoms with E-state index >= 15 is 0 Å². The first-order valence-electron chi connectivity index (χ1n) is 7.41. The molecule has 0 aliphatic rings. The van der Waals surface area contributed by atoms with E-state index in [0.717, 1.165) is 12.1 Å². The number of nitrogens with two attached hydrogens (primary N) is 1. The fourth-order valence-corrected chi connectivity index (χ4v) is 3.07. The lowest BCUT2D eigenvalue weighted by atomic mass is 9.93. The molecule has 0 spiro atoms. The van der Waals surface area contributed by atoms with Crippen molar-refractivity contribution in [3.8, 4) is 22.3 Å². The van der Waals surface area contributed by atoms with Crippen molar-refractivity contribution in [2.24, 2.45) is 5.14 Å². The molecule has 0 atom stereocenters. The quantitative estimate of drug-likeness (QED) is 0.746. The van der Waals surface area contributed by atoms with E-state index in [4.69, 9.17) is 5.14 Å². The van der Waals surface area contributed by atoms with Crippen molar-refractivity contribution in [2.75, 3.05) is 0 Å². The van der Waals surface area contributed by atoms with Gasteiger partial charge in [0.2, 0.25) is 10.0 Å². The highest BCUT2D eigenvalue weighted by molar-refractivity contribution is 7.89. The molecule has 0 unspecified atom stereocenters. The van der Waals surface area contributed by atoms with Gasteiger partial charge in [-0.15, -0.1) is 0 Å². The topological polar surface area (TPSA) is 73.1 Å². The molecule has 1 heterocycles. The van der Waals surface area contributed by atoms with Gasteiger partial charge in [0, 0.05) is 18.0 Å². The molecule has 4 nitrogen and oxygen atoms in total. The lowest BCUT2D eigenvalue weighted by Crippen LogP contribution is -2.11. The molecule has 0 saturated heterocycles. The van der Waals surface area contributed by atoms with E-state index in [1.165, 1.54) is 42.7 Å². The van der Waals surface area contributed by atoms with Gasteiger partial charge >= 0.3 is 6.18 Å². The van der Waals surface area contributed by atoms with Gasteiger partial charge in [0.1, 0.15) is 0 Å². The molecule has 3 aromatic rings. The van der Waals surface area contributed by atoms with Gasteiger partial charge < -0.3 is 0 Å². The zero-order valence-corrected chi connectivity index (χ0v) is 14.1. The number of benzene rings is 2. The molecule has 134 valence electrons. The molecule has 0 aliphatic carbocycles. The molecule has 3 rings (SSSR count). The minimum atomic E-state index is -4.48. The van der Waals surface area contributed by atoms with Crippen molar-refractivity contribution < 1.29 is 21.6 Å². The number of rotatable bonds is 3. The number of nitrogens with zero attached hydrogens (tertiary/aromatic N) is 1. The third-order valence-corrected chi connectivity index (χ3v) is 4.74. The summed E-state index contributed by atoms with van der Waals surface area (Å²) >= 11 is 0. The van der Waals surface area contributed by atoms with Crippen LogP contribution in [0.5, 0.6) is 0 Å². The van der Waals surface area contributed by atoms with Crippen LogP contribution in [0.4, 0.5) is 13.2 Å². The number of sulfonamides is 1. The third-order valence-electron chi connectivity index (χ3n) is 3.81. The molecule has 0 aliphatic heterocycles. The van der Waals surface area contributed by atoms with Crippen LogP contribution in [0.25, 0.3) is 22.3 Å². The van der Waals surface area contributed by atoms with E-state index in [2.05, 4.69) is 4.98 Å². The predicted molar refractivity (Wildman–Crippen MR) is 91.5 cm³/mol. The van der Waals surface area contributed by atoms with Crippen LogP contribution in [0.3, 0.4) is 0 Å². The summed E-state index contributed by atoms with van der Waals surface area (Å²) in [7, 11) is -3.85. The van der Waals surface area contributed by atoms with Gasteiger partial charge in [0.15, 0.2) is 0 Å². The van der Waals surface area contributed by atoms with Crippen LogP contribution < -0.4 is 5.14 Å². The van der Waals surface area contributed by atoms with E-state index in [1.54, 1.807) is 12.1 Å². The van der Waals surface area contributed by atoms with Crippen molar-refractivity contribution in [1.29, 1.82) is 0 Å². The number of primary sulfonamides is 1. The van der Waals surface area contributed by atoms with Crippen molar-refractivity contribution in [3.63, 3.8) is 0 Å². The zero-order valence-electron chi connectivity index (χ0n) is 13.2. The second-order valence-corrected chi connectivity index (χ2v) is 7.13. The number of hydrogen-bond acceptors (Lipinski definition) is 3. The first-order chi connectivity index (χ1) is 12.2. The van der Waals surface area contributed by atoms with Crippen molar-refractivity contribution in [3.05, 3.63) is 72.6 Å². The van der Waals surface area contributed by atoms with E-state index in [0.29, 0.717) is 22.3 Å². The Hall–Kier alpha value is -2.71. The summed E-state index contributed by atoms with van der Waals surface area (Å²) in [5.74, 6) is 0. The van der Waals surface area contributed by atoms with Gasteiger partial charge in [-0.3, -0.25) is 4.98 Å². The molecule has 8 heteroatoms. The van der Waals surface area contributed by atoms with Crippen molar-refractivity contribution in [1.82, 2.24) is 4.98 Å². The van der Waals surface area contributed by atoms with Crippen LogP contribution in [0, 0.1) is 0 Å². The van der Waals surface area contributed by atoms with E-state index < -0.39 is 21.8 Å². The highest BCUT2D eigenvalue weighted by Crippen LogP contribution is 2.38. The maximum atomic E-state index is 13.1. The minimum absolute atomic E-state index is 0.0731. The molecule has 0 radical (unpaired) electrons. The molecular formula is C18H13F3N2O2S. The Morgan fingerprint density at radius 1 is 0.885 bits per heavy atom. The number of halogens is 3. The standard InChI is InChI=1S/C18H13F3N2O2S/c19-18(20,21)14-5-8-16(17(10-14)13-2-1-9-23-11-13)12-3-6-15(7-4-12)26(22,24)25/h1-11H,(H2,22,24,25). The maximum Gasteiger partial charge on any atom is 0.416 e. The molecular weight excluding hydrogens is 365 g/mol. The Bertz CT molecular complexity index is 1030. The van der Waals surface area contributed by atoms with E-state index in [9.17, 15) is 21.6 Å². The Balaban J connectivity index is 2.18. The summed E-state index contributed by atoms with van der Waals surface area (Å²) in [6.07, 6.45) is -1.48. The summed E-state index contributed by atoms with van der Waals surface area (Å²) < 4.78 is 62.1. The number of pyridine rings is 1. The molecule has 26 heavy (non-hydrogen) atoms. The Kier molecular flexibility index (Phi) is 4.55. The second kappa shape index (κ2) is 6.54. The molecule has 2 N–H and O–H groups in total. The van der Waals surface area contributed by atoms with Gasteiger partial charge in [-0.05, 0) is 47.0 Å². The van der Waals surface area contributed by atoms with E-state index in [1.807, 2.05) is 0 Å². The summed E-state index contributed by atoms with van der Waals surface area (Å²) in [6, 6.07) is 12.3. The fraction of sp³-hybridized carbons (Fsp3) is 0.0556. The van der Waals surface area contributed by atoms with Crippen LogP contribution in [0.15, 0.2) is 71.9 Å². The van der Waals surface area contributed by atoms with E-state index in [-0.39, 0.29) is 4.90 Å². The predicted octanol–water partition coefficient (Wildman–Crippen LogP) is 4.08. The van der Waals surface area contributed by atoms with Crippen LogP contribution in [-0.2, 0) is 16.2 Å². The van der Waals surface area contributed by atoms with Crippen molar-refractivity contribution >= 4 is 10.0 Å². The lowest BCUT2D eigenvalue weighted by molar-refractivity contribution is -0.137. The third kappa shape index (κ3) is 3.76. The Labute approximate surface area is 148 Å². The summed E-state index contributed by atoms with van der Waals surface area (Å²) in [5, 5.41) is 5.07.